The van der Waals surface area contributed by atoms with Crippen LogP contribution in [0.1, 0.15) is 62.3 Å². The first-order valence-electron chi connectivity index (χ1n) is 12.0. The second-order valence-corrected chi connectivity index (χ2v) is 9.29. The van der Waals surface area contributed by atoms with Gasteiger partial charge in [-0.3, -0.25) is 4.90 Å². The molecule has 0 aromatic heterocycles. The first kappa shape index (κ1) is 22.2. The van der Waals surface area contributed by atoms with E-state index >= 15 is 0 Å². The second-order valence-electron chi connectivity index (χ2n) is 9.29. The number of hydrogen-bond donors (Lipinski definition) is 1. The molecule has 1 saturated heterocycles. The fourth-order valence-electron chi connectivity index (χ4n) is 5.11. The first-order chi connectivity index (χ1) is 15.1. The first-order valence-corrected chi connectivity index (χ1v) is 12.0. The maximum atomic E-state index is 6.03. The Morgan fingerprint density at radius 3 is 2.58 bits per heavy atom. The van der Waals surface area contributed by atoms with Gasteiger partial charge in [0.05, 0.1) is 13.7 Å². The summed E-state index contributed by atoms with van der Waals surface area (Å²) in [5.41, 5.74) is 4.24. The summed E-state index contributed by atoms with van der Waals surface area (Å²) in [5, 5.41) is 3.60. The van der Waals surface area contributed by atoms with Gasteiger partial charge in [-0.1, -0.05) is 24.6 Å². The molecule has 2 unspecified atom stereocenters. The van der Waals surface area contributed by atoms with Gasteiger partial charge in [0.1, 0.15) is 11.5 Å². The van der Waals surface area contributed by atoms with Gasteiger partial charge in [-0.2, -0.15) is 0 Å². The van der Waals surface area contributed by atoms with Gasteiger partial charge < -0.3 is 14.8 Å². The van der Waals surface area contributed by atoms with Crippen LogP contribution in [0.5, 0.6) is 11.5 Å². The minimum Gasteiger partial charge on any atom is -0.497 e. The number of fused-ring (bicyclic) bond motifs is 1. The molecule has 0 spiro atoms. The van der Waals surface area contributed by atoms with E-state index in [0.29, 0.717) is 18.1 Å². The molecular formula is C27H38N2O2. The van der Waals surface area contributed by atoms with Crippen LogP contribution in [0.4, 0.5) is 0 Å². The summed E-state index contributed by atoms with van der Waals surface area (Å²) in [5.74, 6) is 1.94. The third-order valence-corrected chi connectivity index (χ3v) is 6.91. The Morgan fingerprint density at radius 1 is 1.06 bits per heavy atom. The quantitative estimate of drug-likeness (QED) is 0.637. The number of nitrogens with zero attached hydrogens (tertiary/aromatic N) is 1. The largest absolute Gasteiger partial charge is 0.497 e. The smallest absolute Gasteiger partial charge is 0.119 e. The molecule has 0 amide bonds. The van der Waals surface area contributed by atoms with Crippen LogP contribution in [-0.4, -0.2) is 43.8 Å². The van der Waals surface area contributed by atoms with Gasteiger partial charge in [-0.15, -0.1) is 0 Å². The van der Waals surface area contributed by atoms with Crippen molar-refractivity contribution in [3.8, 4) is 11.5 Å². The molecule has 2 aromatic carbocycles. The summed E-state index contributed by atoms with van der Waals surface area (Å²) >= 11 is 0. The highest BCUT2D eigenvalue weighted by Gasteiger charge is 2.29. The Morgan fingerprint density at radius 2 is 1.87 bits per heavy atom. The van der Waals surface area contributed by atoms with Crippen molar-refractivity contribution in [3.05, 3.63) is 59.2 Å². The molecule has 4 heteroatoms. The van der Waals surface area contributed by atoms with Crippen LogP contribution in [0.25, 0.3) is 0 Å². The zero-order valence-electron chi connectivity index (χ0n) is 19.4. The zero-order valence-corrected chi connectivity index (χ0v) is 19.4. The monoisotopic (exact) mass is 422 g/mol. The van der Waals surface area contributed by atoms with Crippen LogP contribution in [-0.2, 0) is 12.8 Å². The van der Waals surface area contributed by atoms with Crippen LogP contribution < -0.4 is 14.8 Å². The maximum Gasteiger partial charge on any atom is 0.119 e. The lowest BCUT2D eigenvalue weighted by Crippen LogP contribution is -2.41. The average Bonchev–Trinajstić information content (AvgIpc) is 2.80. The van der Waals surface area contributed by atoms with Crippen LogP contribution in [0.2, 0.25) is 0 Å². The minimum absolute atomic E-state index is 0.402. The van der Waals surface area contributed by atoms with Gasteiger partial charge in [0.2, 0.25) is 0 Å². The highest BCUT2D eigenvalue weighted by atomic mass is 16.5. The summed E-state index contributed by atoms with van der Waals surface area (Å²) in [6.07, 6.45) is 7.13. The predicted molar refractivity (Wildman–Crippen MR) is 127 cm³/mol. The molecule has 1 fully saturated rings. The highest BCUT2D eigenvalue weighted by Crippen LogP contribution is 2.36. The molecule has 168 valence electrons. The Hall–Kier alpha value is -2.04. The second kappa shape index (κ2) is 10.5. The van der Waals surface area contributed by atoms with Crippen molar-refractivity contribution in [3.63, 3.8) is 0 Å². The van der Waals surface area contributed by atoms with E-state index in [0.717, 1.165) is 50.5 Å². The van der Waals surface area contributed by atoms with Gasteiger partial charge >= 0.3 is 0 Å². The number of ether oxygens (including phenoxy) is 2. The van der Waals surface area contributed by atoms with Gasteiger partial charge in [0.25, 0.3) is 0 Å². The lowest BCUT2D eigenvalue weighted by Gasteiger charge is -2.40. The molecule has 0 saturated carbocycles. The van der Waals surface area contributed by atoms with Crippen molar-refractivity contribution in [1.82, 2.24) is 10.2 Å². The predicted octanol–water partition coefficient (Wildman–Crippen LogP) is 5.16. The van der Waals surface area contributed by atoms with Crippen molar-refractivity contribution in [1.29, 1.82) is 0 Å². The van der Waals surface area contributed by atoms with Gasteiger partial charge in [-0.05, 0) is 93.5 Å². The van der Waals surface area contributed by atoms with Gasteiger partial charge in [0, 0.05) is 24.7 Å². The van der Waals surface area contributed by atoms with E-state index in [-0.39, 0.29) is 0 Å². The van der Waals surface area contributed by atoms with E-state index in [4.69, 9.17) is 9.47 Å². The summed E-state index contributed by atoms with van der Waals surface area (Å²) in [4.78, 5) is 2.64. The van der Waals surface area contributed by atoms with Gasteiger partial charge in [0.15, 0.2) is 0 Å². The average molecular weight is 423 g/mol. The molecule has 2 aliphatic heterocycles. The summed E-state index contributed by atoms with van der Waals surface area (Å²) in [6.45, 7) is 7.65. The minimum atomic E-state index is 0.402. The molecule has 31 heavy (non-hydrogen) atoms. The third kappa shape index (κ3) is 5.61. The van der Waals surface area contributed by atoms with E-state index in [2.05, 4.69) is 66.5 Å². The number of hydrogen-bond acceptors (Lipinski definition) is 4. The number of nitrogens with one attached hydrogen (secondary N) is 1. The van der Waals surface area contributed by atoms with Crippen molar-refractivity contribution >= 4 is 0 Å². The molecule has 0 bridgehead atoms. The summed E-state index contributed by atoms with van der Waals surface area (Å²) in [6, 6.07) is 16.9. The summed E-state index contributed by atoms with van der Waals surface area (Å²) in [7, 11) is 1.75. The molecule has 2 heterocycles. The Kier molecular flexibility index (Phi) is 7.52. The molecule has 4 rings (SSSR count). The maximum absolute atomic E-state index is 6.03. The molecule has 0 aliphatic carbocycles. The van der Waals surface area contributed by atoms with Crippen LogP contribution >= 0.6 is 0 Å². The van der Waals surface area contributed by atoms with Crippen LogP contribution in [0.15, 0.2) is 42.5 Å². The van der Waals surface area contributed by atoms with Crippen molar-refractivity contribution in [2.45, 2.75) is 70.5 Å². The van der Waals surface area contributed by atoms with E-state index < -0.39 is 0 Å². The van der Waals surface area contributed by atoms with Crippen LogP contribution in [0, 0.1) is 0 Å². The topological polar surface area (TPSA) is 33.7 Å². The molecule has 2 aliphatic rings. The fourth-order valence-corrected chi connectivity index (χ4v) is 5.11. The highest BCUT2D eigenvalue weighted by molar-refractivity contribution is 5.40. The van der Waals surface area contributed by atoms with Crippen molar-refractivity contribution < 1.29 is 9.47 Å². The third-order valence-electron chi connectivity index (χ3n) is 6.91. The number of piperidine rings is 1. The van der Waals surface area contributed by atoms with E-state index in [9.17, 15) is 0 Å². The van der Waals surface area contributed by atoms with E-state index in [1.807, 2.05) is 0 Å². The van der Waals surface area contributed by atoms with Crippen LogP contribution in [0.3, 0.4) is 0 Å². The normalized spacial score (nSPS) is 21.7. The molecule has 4 nitrogen and oxygen atoms in total. The molecule has 1 N–H and O–H groups in total. The Balaban J connectivity index is 1.40. The lowest BCUT2D eigenvalue weighted by molar-refractivity contribution is 0.141. The molecule has 2 atom stereocenters. The van der Waals surface area contributed by atoms with E-state index in [1.54, 1.807) is 7.11 Å². The Labute approximate surface area is 187 Å². The van der Waals surface area contributed by atoms with Gasteiger partial charge in [-0.25, -0.2) is 0 Å². The SMILES string of the molecule is COc1ccc2c(c1)CCN(C(C)C)C2Cc1ccc(OCCC2CCCCN2)cc1. The van der Waals surface area contributed by atoms with Crippen molar-refractivity contribution in [2.24, 2.45) is 0 Å². The van der Waals surface area contributed by atoms with E-state index in [1.165, 1.54) is 36.0 Å². The molecule has 2 aromatic rings. The number of methoxy groups -OCH3 is 1. The number of benzene rings is 2. The van der Waals surface area contributed by atoms with Crippen molar-refractivity contribution in [2.75, 3.05) is 26.8 Å². The standard InChI is InChI=1S/C27H38N2O2/c1-20(2)29-16-13-22-19-25(30-3)11-12-26(22)27(29)18-21-7-9-24(10-8-21)31-17-14-23-6-4-5-15-28-23/h7-12,19-20,23,27-28H,4-6,13-18H2,1-3H3. The summed E-state index contributed by atoms with van der Waals surface area (Å²) < 4.78 is 11.5. The lowest BCUT2D eigenvalue weighted by atomic mass is 9.87. The molecular weight excluding hydrogens is 384 g/mol. The Bertz CT molecular complexity index is 828. The number of rotatable bonds is 8. The fraction of sp³-hybridized carbons (Fsp3) is 0.556. The molecule has 0 radical (unpaired) electrons. The zero-order chi connectivity index (χ0) is 21.6.